The summed E-state index contributed by atoms with van der Waals surface area (Å²) < 4.78 is 4.14. The fraction of sp³-hybridized carbons (Fsp3) is 0.500. The van der Waals surface area contributed by atoms with Crippen LogP contribution in [0.25, 0.3) is 0 Å². The van der Waals surface area contributed by atoms with E-state index in [0.717, 1.165) is 0 Å². The first kappa shape index (κ1) is 11.1. The van der Waals surface area contributed by atoms with Gasteiger partial charge in [-0.3, -0.25) is 4.79 Å². The molecule has 0 aliphatic carbocycles. The van der Waals surface area contributed by atoms with Crippen molar-refractivity contribution >= 4 is 41.2 Å². The minimum atomic E-state index is -0.691. The molecule has 0 saturated heterocycles. The number of alkyl halides is 1. The maximum Gasteiger partial charge on any atom is 0.325 e. The highest BCUT2D eigenvalue weighted by Gasteiger charge is 2.15. The summed E-state index contributed by atoms with van der Waals surface area (Å²) in [5.41, 5.74) is 5.30. The van der Waals surface area contributed by atoms with Gasteiger partial charge in [-0.15, -0.1) is 6.42 Å². The molecule has 0 aliphatic rings. The lowest BCUT2D eigenvalue weighted by atomic mass is 10.4. The lowest BCUT2D eigenvalue weighted by Crippen LogP contribution is -2.35. The van der Waals surface area contributed by atoms with Gasteiger partial charge in [-0.05, 0) is 22.6 Å². The third-order valence-corrected chi connectivity index (χ3v) is 1.86. The molecule has 0 amide bonds. The summed E-state index contributed by atoms with van der Waals surface area (Å²) in [6, 6.07) is -0.691. The number of terminal acetylenes is 1. The summed E-state index contributed by atoms with van der Waals surface area (Å²) in [5.74, 6) is 1.98. The number of esters is 1. The zero-order chi connectivity index (χ0) is 8.85. The number of rotatable bonds is 3. The normalized spacial score (nSPS) is 14.7. The van der Waals surface area contributed by atoms with Crippen LogP contribution in [0.4, 0.5) is 0 Å². The largest absolute Gasteiger partial charge is 0.438 e. The lowest BCUT2D eigenvalue weighted by Gasteiger charge is -2.09. The third kappa shape index (κ3) is 4.50. The number of hydrogen-bond donors (Lipinski definition) is 2. The van der Waals surface area contributed by atoms with Crippen LogP contribution < -0.4 is 5.73 Å². The van der Waals surface area contributed by atoms with Crippen molar-refractivity contribution in [1.82, 2.24) is 0 Å². The molecular weight excluding hydrogens is 277 g/mol. The van der Waals surface area contributed by atoms with E-state index in [1.54, 1.807) is 0 Å². The van der Waals surface area contributed by atoms with Crippen molar-refractivity contribution in [2.24, 2.45) is 5.73 Å². The number of carbonyl (C=O) groups excluding carboxylic acids is 1. The second-order valence-electron chi connectivity index (χ2n) is 1.71. The topological polar surface area (TPSA) is 52.3 Å². The van der Waals surface area contributed by atoms with Crippen molar-refractivity contribution in [1.29, 1.82) is 0 Å². The Bertz CT molecular complexity index is 180. The maximum absolute atomic E-state index is 10.8. The van der Waals surface area contributed by atoms with Gasteiger partial charge in [-0.2, -0.15) is 12.6 Å². The third-order valence-electron chi connectivity index (χ3n) is 0.850. The predicted molar refractivity (Wildman–Crippen MR) is 54.6 cm³/mol. The Morgan fingerprint density at radius 1 is 1.91 bits per heavy atom. The molecule has 0 aromatic rings. The minimum absolute atomic E-state index is 0.257. The van der Waals surface area contributed by atoms with E-state index in [-0.39, 0.29) is 5.75 Å². The second kappa shape index (κ2) is 5.69. The maximum atomic E-state index is 10.8. The Kier molecular flexibility index (Phi) is 5.72. The summed E-state index contributed by atoms with van der Waals surface area (Å²) in [4.78, 5) is 10.8. The monoisotopic (exact) mass is 285 g/mol. The van der Waals surface area contributed by atoms with Gasteiger partial charge in [-0.1, -0.05) is 5.92 Å². The standard InChI is InChI=1S/C6H8INO2S/c1-2-5(7)10-6(9)4(8)3-11/h1,4-5,11H,3,8H2/t4-,5?/m0/s1. The van der Waals surface area contributed by atoms with Gasteiger partial charge in [0, 0.05) is 5.75 Å². The van der Waals surface area contributed by atoms with Crippen LogP contribution in [0.3, 0.4) is 0 Å². The highest BCUT2D eigenvalue weighted by molar-refractivity contribution is 14.1. The second-order valence-corrected chi connectivity index (χ2v) is 3.21. The van der Waals surface area contributed by atoms with E-state index in [1.165, 1.54) is 0 Å². The predicted octanol–water partition coefficient (Wildman–Crippen LogP) is 0.181. The number of ether oxygens (including phenoxy) is 1. The molecule has 1 unspecified atom stereocenters. The highest BCUT2D eigenvalue weighted by Crippen LogP contribution is 2.02. The smallest absolute Gasteiger partial charge is 0.325 e. The molecule has 2 N–H and O–H groups in total. The van der Waals surface area contributed by atoms with E-state index >= 15 is 0 Å². The first-order valence-electron chi connectivity index (χ1n) is 2.79. The van der Waals surface area contributed by atoms with E-state index < -0.39 is 16.1 Å². The zero-order valence-electron chi connectivity index (χ0n) is 5.66. The molecule has 62 valence electrons. The van der Waals surface area contributed by atoms with Crippen molar-refractivity contribution in [2.75, 3.05) is 5.75 Å². The lowest BCUT2D eigenvalue weighted by molar-refractivity contribution is -0.143. The van der Waals surface area contributed by atoms with Crippen molar-refractivity contribution in [2.45, 2.75) is 10.2 Å². The number of nitrogens with two attached hydrogens (primary N) is 1. The van der Waals surface area contributed by atoms with Crippen LogP contribution in [0.15, 0.2) is 0 Å². The van der Waals surface area contributed by atoms with Crippen LogP contribution in [0, 0.1) is 12.3 Å². The number of thiol groups is 1. The average Bonchev–Trinajstić information content (AvgIpc) is 2.02. The molecule has 0 rings (SSSR count). The summed E-state index contributed by atoms with van der Waals surface area (Å²) in [7, 11) is 0. The van der Waals surface area contributed by atoms with Gasteiger partial charge in [0.15, 0.2) is 0 Å². The zero-order valence-corrected chi connectivity index (χ0v) is 8.71. The molecule has 2 atom stereocenters. The van der Waals surface area contributed by atoms with E-state index in [1.807, 2.05) is 22.6 Å². The summed E-state index contributed by atoms with van der Waals surface area (Å²) in [6.45, 7) is 0. The van der Waals surface area contributed by atoms with E-state index in [2.05, 4.69) is 23.3 Å². The van der Waals surface area contributed by atoms with Gasteiger partial charge in [0.1, 0.15) is 6.04 Å². The van der Waals surface area contributed by atoms with Crippen molar-refractivity contribution in [3.8, 4) is 12.3 Å². The molecule has 0 fully saturated rings. The summed E-state index contributed by atoms with van der Waals surface area (Å²) in [6.07, 6.45) is 4.97. The van der Waals surface area contributed by atoms with E-state index in [9.17, 15) is 4.79 Å². The molecule has 5 heteroatoms. The molecule has 3 nitrogen and oxygen atoms in total. The van der Waals surface area contributed by atoms with Gasteiger partial charge in [0.2, 0.25) is 4.11 Å². The minimum Gasteiger partial charge on any atom is -0.438 e. The fourth-order valence-electron chi connectivity index (χ4n) is 0.298. The number of hydrogen-bond acceptors (Lipinski definition) is 4. The Morgan fingerprint density at radius 3 is 2.82 bits per heavy atom. The van der Waals surface area contributed by atoms with Crippen LogP contribution in [0.1, 0.15) is 0 Å². The average molecular weight is 285 g/mol. The summed E-state index contributed by atoms with van der Waals surface area (Å²) in [5, 5.41) is 0. The molecule has 0 bridgehead atoms. The van der Waals surface area contributed by atoms with Gasteiger partial charge in [-0.25, -0.2) is 0 Å². The molecule has 0 saturated carbocycles. The molecule has 0 heterocycles. The van der Waals surface area contributed by atoms with Crippen molar-refractivity contribution in [3.05, 3.63) is 0 Å². The Labute approximate surface area is 84.6 Å². The van der Waals surface area contributed by atoms with Crippen LogP contribution in [0.2, 0.25) is 0 Å². The van der Waals surface area contributed by atoms with Gasteiger partial charge < -0.3 is 10.5 Å². The Hall–Kier alpha value is 0.0700. The number of halogens is 1. The van der Waals surface area contributed by atoms with Gasteiger partial charge in [0.25, 0.3) is 0 Å². The van der Waals surface area contributed by atoms with Gasteiger partial charge in [0.05, 0.1) is 0 Å². The van der Waals surface area contributed by atoms with Crippen molar-refractivity contribution in [3.63, 3.8) is 0 Å². The Morgan fingerprint density at radius 2 is 2.45 bits per heavy atom. The highest BCUT2D eigenvalue weighted by atomic mass is 127. The van der Waals surface area contributed by atoms with Crippen LogP contribution in [0.5, 0.6) is 0 Å². The molecule has 11 heavy (non-hydrogen) atoms. The molecule has 0 radical (unpaired) electrons. The summed E-state index contributed by atoms with van der Waals surface area (Å²) >= 11 is 5.64. The molecular formula is C6H8INO2S. The Balaban J connectivity index is 3.80. The van der Waals surface area contributed by atoms with E-state index in [0.29, 0.717) is 0 Å². The molecule has 0 aromatic heterocycles. The van der Waals surface area contributed by atoms with Crippen LogP contribution in [-0.2, 0) is 9.53 Å². The molecule has 0 aromatic carbocycles. The van der Waals surface area contributed by atoms with Crippen LogP contribution >= 0.6 is 35.2 Å². The van der Waals surface area contributed by atoms with Crippen molar-refractivity contribution < 1.29 is 9.53 Å². The van der Waals surface area contributed by atoms with Crippen LogP contribution in [-0.4, -0.2) is 21.9 Å². The SMILES string of the molecule is C#CC(I)OC(=O)[C@@H](N)CS. The molecule has 0 spiro atoms. The molecule has 0 aliphatic heterocycles. The fourth-order valence-corrected chi connectivity index (χ4v) is 0.698. The first-order valence-corrected chi connectivity index (χ1v) is 4.66. The van der Waals surface area contributed by atoms with Gasteiger partial charge >= 0.3 is 5.97 Å². The number of carbonyl (C=O) groups is 1. The first-order chi connectivity index (χ1) is 5.11. The van der Waals surface area contributed by atoms with E-state index in [4.69, 9.17) is 12.2 Å². The quantitative estimate of drug-likeness (QED) is 0.256.